The molecule has 1 fully saturated rings. The first-order chi connectivity index (χ1) is 9.52. The largest absolute Gasteiger partial charge is 0.495 e. The number of amides is 1. The number of nitrogens with one attached hydrogen (secondary N) is 1. The zero-order valence-electron chi connectivity index (χ0n) is 12.5. The van der Waals surface area contributed by atoms with E-state index in [4.69, 9.17) is 10.5 Å². The van der Waals surface area contributed by atoms with E-state index in [1.54, 1.807) is 25.3 Å². The molecule has 3 N–H and O–H groups in total. The van der Waals surface area contributed by atoms with Crippen LogP contribution >= 0.6 is 0 Å². The third-order valence-electron chi connectivity index (χ3n) is 4.52. The predicted molar refractivity (Wildman–Crippen MR) is 80.8 cm³/mol. The van der Waals surface area contributed by atoms with Crippen molar-refractivity contribution < 1.29 is 9.53 Å². The first-order valence-corrected chi connectivity index (χ1v) is 7.27. The van der Waals surface area contributed by atoms with Gasteiger partial charge in [-0.3, -0.25) is 4.79 Å². The van der Waals surface area contributed by atoms with Crippen LogP contribution in [0.1, 0.15) is 43.5 Å². The van der Waals surface area contributed by atoms with E-state index in [1.807, 2.05) is 0 Å². The number of hydrogen-bond acceptors (Lipinski definition) is 3. The minimum atomic E-state index is -0.0470. The molecule has 1 aliphatic carbocycles. The van der Waals surface area contributed by atoms with Gasteiger partial charge in [0.25, 0.3) is 5.91 Å². The summed E-state index contributed by atoms with van der Waals surface area (Å²) in [4.78, 5) is 12.3. The van der Waals surface area contributed by atoms with Gasteiger partial charge in [0.1, 0.15) is 5.75 Å². The third kappa shape index (κ3) is 3.06. The molecule has 0 aliphatic heterocycles. The fraction of sp³-hybridized carbons (Fsp3) is 0.562. The molecule has 1 saturated carbocycles. The van der Waals surface area contributed by atoms with Crippen LogP contribution in [-0.2, 0) is 0 Å². The molecule has 4 heteroatoms. The molecule has 1 amide bonds. The molecule has 0 bridgehead atoms. The molecule has 3 atom stereocenters. The van der Waals surface area contributed by atoms with Crippen LogP contribution < -0.4 is 15.8 Å². The van der Waals surface area contributed by atoms with E-state index < -0.39 is 0 Å². The molecular formula is C16H24N2O2. The standard InChI is InChI=1S/C16H24N2O2/c1-10-5-4-6-14(11(10)2)18-16(19)12-7-8-13(17)15(9-12)20-3/h7-11,14H,4-6,17H2,1-3H3,(H,18,19). The monoisotopic (exact) mass is 276 g/mol. The minimum absolute atomic E-state index is 0.0470. The molecule has 1 aliphatic rings. The lowest BCUT2D eigenvalue weighted by atomic mass is 9.78. The second-order valence-electron chi connectivity index (χ2n) is 5.80. The molecular weight excluding hydrogens is 252 g/mol. The van der Waals surface area contributed by atoms with Crippen LogP contribution in [0.4, 0.5) is 5.69 Å². The summed E-state index contributed by atoms with van der Waals surface area (Å²) in [5, 5.41) is 3.15. The second kappa shape index (κ2) is 6.16. The van der Waals surface area contributed by atoms with Gasteiger partial charge in [0, 0.05) is 11.6 Å². The highest BCUT2D eigenvalue weighted by Gasteiger charge is 2.28. The zero-order valence-corrected chi connectivity index (χ0v) is 12.5. The molecule has 2 rings (SSSR count). The van der Waals surface area contributed by atoms with Gasteiger partial charge in [0.05, 0.1) is 12.8 Å². The van der Waals surface area contributed by atoms with Crippen LogP contribution in [0, 0.1) is 11.8 Å². The second-order valence-corrected chi connectivity index (χ2v) is 5.80. The number of anilines is 1. The summed E-state index contributed by atoms with van der Waals surface area (Å²) in [6, 6.07) is 5.40. The van der Waals surface area contributed by atoms with Crippen molar-refractivity contribution in [1.82, 2.24) is 5.32 Å². The SMILES string of the molecule is COc1cc(C(=O)NC2CCCC(C)C2C)ccc1N. The topological polar surface area (TPSA) is 64.3 Å². The van der Waals surface area contributed by atoms with E-state index in [1.165, 1.54) is 12.8 Å². The van der Waals surface area contributed by atoms with E-state index in [9.17, 15) is 4.79 Å². The Hall–Kier alpha value is -1.71. The van der Waals surface area contributed by atoms with Gasteiger partial charge in [-0.1, -0.05) is 26.7 Å². The molecule has 0 spiro atoms. The van der Waals surface area contributed by atoms with Crippen LogP contribution in [0.3, 0.4) is 0 Å². The number of carbonyl (C=O) groups excluding carboxylic acids is 1. The normalized spacial score (nSPS) is 26.1. The van der Waals surface area contributed by atoms with Crippen LogP contribution in [0.25, 0.3) is 0 Å². The summed E-state index contributed by atoms with van der Waals surface area (Å²) < 4.78 is 5.16. The molecule has 1 aromatic carbocycles. The Bertz CT molecular complexity index is 487. The number of nitrogens with two attached hydrogens (primary N) is 1. The Labute approximate surface area is 120 Å². The van der Waals surface area contributed by atoms with Crippen molar-refractivity contribution in [2.24, 2.45) is 11.8 Å². The maximum absolute atomic E-state index is 12.3. The summed E-state index contributed by atoms with van der Waals surface area (Å²) in [7, 11) is 1.55. The van der Waals surface area contributed by atoms with Crippen LogP contribution in [0.5, 0.6) is 5.75 Å². The summed E-state index contributed by atoms with van der Waals surface area (Å²) in [5.41, 5.74) is 6.91. The summed E-state index contributed by atoms with van der Waals surface area (Å²) in [6.45, 7) is 4.48. The Morgan fingerprint density at radius 1 is 1.35 bits per heavy atom. The van der Waals surface area contributed by atoms with E-state index >= 15 is 0 Å². The Morgan fingerprint density at radius 3 is 2.80 bits per heavy atom. The van der Waals surface area contributed by atoms with Crippen molar-refractivity contribution in [1.29, 1.82) is 0 Å². The summed E-state index contributed by atoms with van der Waals surface area (Å²) in [6.07, 6.45) is 3.49. The molecule has 3 unspecified atom stereocenters. The lowest BCUT2D eigenvalue weighted by Gasteiger charge is -2.34. The van der Waals surface area contributed by atoms with Gasteiger partial charge < -0.3 is 15.8 Å². The Balaban J connectivity index is 2.08. The molecule has 4 nitrogen and oxygen atoms in total. The molecule has 20 heavy (non-hydrogen) atoms. The Morgan fingerprint density at radius 2 is 2.10 bits per heavy atom. The number of methoxy groups -OCH3 is 1. The van der Waals surface area contributed by atoms with Gasteiger partial charge in [0.15, 0.2) is 0 Å². The van der Waals surface area contributed by atoms with Gasteiger partial charge >= 0.3 is 0 Å². The van der Waals surface area contributed by atoms with Crippen LogP contribution in [-0.4, -0.2) is 19.1 Å². The van der Waals surface area contributed by atoms with Crippen LogP contribution in [0.2, 0.25) is 0 Å². The molecule has 110 valence electrons. The third-order valence-corrected chi connectivity index (χ3v) is 4.52. The first kappa shape index (κ1) is 14.7. The minimum Gasteiger partial charge on any atom is -0.495 e. The highest BCUT2D eigenvalue weighted by molar-refractivity contribution is 5.95. The van der Waals surface area contributed by atoms with Crippen molar-refractivity contribution in [3.05, 3.63) is 23.8 Å². The van der Waals surface area contributed by atoms with E-state index in [2.05, 4.69) is 19.2 Å². The van der Waals surface area contributed by atoms with Gasteiger partial charge in [-0.05, 0) is 36.5 Å². The Kier molecular flexibility index (Phi) is 4.53. The molecule has 0 saturated heterocycles. The van der Waals surface area contributed by atoms with Crippen molar-refractivity contribution in [2.75, 3.05) is 12.8 Å². The smallest absolute Gasteiger partial charge is 0.251 e. The zero-order chi connectivity index (χ0) is 14.7. The number of hydrogen-bond donors (Lipinski definition) is 2. The highest BCUT2D eigenvalue weighted by Crippen LogP contribution is 2.30. The summed E-state index contributed by atoms with van der Waals surface area (Å²) >= 11 is 0. The van der Waals surface area contributed by atoms with E-state index in [0.29, 0.717) is 28.8 Å². The number of ether oxygens (including phenoxy) is 1. The maximum atomic E-state index is 12.3. The van der Waals surface area contributed by atoms with Gasteiger partial charge in [-0.2, -0.15) is 0 Å². The number of benzene rings is 1. The van der Waals surface area contributed by atoms with Gasteiger partial charge in [-0.25, -0.2) is 0 Å². The van der Waals surface area contributed by atoms with E-state index in [0.717, 1.165) is 6.42 Å². The average molecular weight is 276 g/mol. The number of nitrogen functional groups attached to an aromatic ring is 1. The van der Waals surface area contributed by atoms with Crippen LogP contribution in [0.15, 0.2) is 18.2 Å². The predicted octanol–water partition coefficient (Wildman–Crippen LogP) is 2.83. The maximum Gasteiger partial charge on any atom is 0.251 e. The fourth-order valence-corrected chi connectivity index (χ4v) is 2.89. The van der Waals surface area contributed by atoms with Crippen molar-refractivity contribution in [3.8, 4) is 5.75 Å². The van der Waals surface area contributed by atoms with Crippen molar-refractivity contribution in [3.63, 3.8) is 0 Å². The molecule has 1 aromatic rings. The lowest BCUT2D eigenvalue weighted by Crippen LogP contribution is -2.43. The quantitative estimate of drug-likeness (QED) is 0.834. The number of carbonyl (C=O) groups is 1. The summed E-state index contributed by atoms with van der Waals surface area (Å²) in [5.74, 6) is 1.68. The van der Waals surface area contributed by atoms with Crippen molar-refractivity contribution in [2.45, 2.75) is 39.2 Å². The fourth-order valence-electron chi connectivity index (χ4n) is 2.89. The van der Waals surface area contributed by atoms with Gasteiger partial charge in [0.2, 0.25) is 0 Å². The average Bonchev–Trinajstić information content (AvgIpc) is 2.44. The highest BCUT2D eigenvalue weighted by atomic mass is 16.5. The number of rotatable bonds is 3. The van der Waals surface area contributed by atoms with Crippen molar-refractivity contribution >= 4 is 11.6 Å². The van der Waals surface area contributed by atoms with E-state index in [-0.39, 0.29) is 11.9 Å². The lowest BCUT2D eigenvalue weighted by molar-refractivity contribution is 0.0891. The first-order valence-electron chi connectivity index (χ1n) is 7.27. The molecule has 0 radical (unpaired) electrons. The van der Waals surface area contributed by atoms with Gasteiger partial charge in [-0.15, -0.1) is 0 Å². The molecule has 0 heterocycles. The molecule has 0 aromatic heterocycles.